The van der Waals surface area contributed by atoms with Gasteiger partial charge in [0.15, 0.2) is 0 Å². The standard InChI is InChI=1S/C13H17FN2O3S/c1-15-13(17)10-3-2-8-16(9-10)20(18,19)12-6-4-11(14)5-7-12/h4-7,10H,2-3,8-9H2,1H3,(H,15,17)/t10-/m0/s1. The topological polar surface area (TPSA) is 66.5 Å². The van der Waals surface area contributed by atoms with E-state index in [2.05, 4.69) is 5.32 Å². The van der Waals surface area contributed by atoms with Crippen LogP contribution in [0.1, 0.15) is 12.8 Å². The molecule has 1 saturated heterocycles. The third-order valence-corrected chi connectivity index (χ3v) is 5.33. The molecule has 0 saturated carbocycles. The van der Waals surface area contributed by atoms with E-state index in [1.807, 2.05) is 0 Å². The Kier molecular flexibility index (Phi) is 4.39. The molecule has 1 aliphatic rings. The Bertz CT molecular complexity index is 586. The van der Waals surface area contributed by atoms with Gasteiger partial charge >= 0.3 is 0 Å². The molecule has 1 heterocycles. The highest BCUT2D eigenvalue weighted by molar-refractivity contribution is 7.89. The van der Waals surface area contributed by atoms with Gasteiger partial charge < -0.3 is 5.32 Å². The molecule has 0 spiro atoms. The number of carbonyl (C=O) groups is 1. The van der Waals surface area contributed by atoms with Crippen LogP contribution in [0.25, 0.3) is 0 Å². The fourth-order valence-corrected chi connectivity index (χ4v) is 3.86. The molecule has 5 nitrogen and oxygen atoms in total. The predicted octanol–water partition coefficient (Wildman–Crippen LogP) is 0.972. The third kappa shape index (κ3) is 2.99. The minimum atomic E-state index is -3.67. The largest absolute Gasteiger partial charge is 0.359 e. The first-order valence-electron chi connectivity index (χ1n) is 6.42. The predicted molar refractivity (Wildman–Crippen MR) is 71.9 cm³/mol. The van der Waals surface area contributed by atoms with Gasteiger partial charge in [-0.2, -0.15) is 4.31 Å². The summed E-state index contributed by atoms with van der Waals surface area (Å²) >= 11 is 0. The molecular formula is C13H17FN2O3S. The van der Waals surface area contributed by atoms with E-state index in [0.29, 0.717) is 19.4 Å². The molecule has 1 atom stereocenters. The number of sulfonamides is 1. The van der Waals surface area contributed by atoms with E-state index in [1.165, 1.54) is 23.5 Å². The Balaban J connectivity index is 2.21. The molecule has 1 aromatic carbocycles. The molecule has 0 bridgehead atoms. The van der Waals surface area contributed by atoms with Crippen LogP contribution in [0.4, 0.5) is 4.39 Å². The van der Waals surface area contributed by atoms with Crippen LogP contribution in [0.3, 0.4) is 0 Å². The second-order valence-corrected chi connectivity index (χ2v) is 6.71. The third-order valence-electron chi connectivity index (χ3n) is 3.45. The van der Waals surface area contributed by atoms with E-state index in [0.717, 1.165) is 12.1 Å². The Morgan fingerprint density at radius 1 is 1.35 bits per heavy atom. The van der Waals surface area contributed by atoms with Crippen molar-refractivity contribution >= 4 is 15.9 Å². The number of benzene rings is 1. The van der Waals surface area contributed by atoms with Crippen molar-refractivity contribution < 1.29 is 17.6 Å². The molecule has 0 radical (unpaired) electrons. The van der Waals surface area contributed by atoms with Crippen molar-refractivity contribution in [2.24, 2.45) is 5.92 Å². The minimum Gasteiger partial charge on any atom is -0.359 e. The molecule has 1 N–H and O–H groups in total. The molecule has 110 valence electrons. The molecule has 1 fully saturated rings. The number of hydrogen-bond donors (Lipinski definition) is 1. The maximum Gasteiger partial charge on any atom is 0.243 e. The van der Waals surface area contributed by atoms with Crippen LogP contribution in [-0.4, -0.2) is 38.8 Å². The smallest absolute Gasteiger partial charge is 0.243 e. The van der Waals surface area contributed by atoms with E-state index in [9.17, 15) is 17.6 Å². The molecule has 1 aromatic rings. The molecule has 0 aliphatic carbocycles. The fourth-order valence-electron chi connectivity index (χ4n) is 2.33. The Labute approximate surface area is 117 Å². The second-order valence-electron chi connectivity index (χ2n) is 4.77. The highest BCUT2D eigenvalue weighted by Gasteiger charge is 2.32. The first-order valence-corrected chi connectivity index (χ1v) is 7.86. The van der Waals surface area contributed by atoms with E-state index < -0.39 is 15.8 Å². The lowest BCUT2D eigenvalue weighted by molar-refractivity contribution is -0.125. The molecule has 7 heteroatoms. The van der Waals surface area contributed by atoms with Gasteiger partial charge in [-0.05, 0) is 37.1 Å². The van der Waals surface area contributed by atoms with Gasteiger partial charge in [0.05, 0.1) is 10.8 Å². The lowest BCUT2D eigenvalue weighted by Crippen LogP contribution is -2.44. The zero-order valence-corrected chi connectivity index (χ0v) is 12.0. The average Bonchev–Trinajstić information content (AvgIpc) is 2.47. The SMILES string of the molecule is CNC(=O)[C@H]1CCCN(S(=O)(=O)c2ccc(F)cc2)C1. The summed E-state index contributed by atoms with van der Waals surface area (Å²) in [4.78, 5) is 11.7. The molecule has 0 unspecified atom stereocenters. The average molecular weight is 300 g/mol. The number of nitrogens with one attached hydrogen (secondary N) is 1. The summed E-state index contributed by atoms with van der Waals surface area (Å²) in [6, 6.07) is 4.72. The number of halogens is 1. The van der Waals surface area contributed by atoms with Crippen molar-refractivity contribution in [1.29, 1.82) is 0 Å². The van der Waals surface area contributed by atoms with Crippen molar-refractivity contribution in [3.63, 3.8) is 0 Å². The van der Waals surface area contributed by atoms with Crippen LogP contribution < -0.4 is 5.32 Å². The fraction of sp³-hybridized carbons (Fsp3) is 0.462. The lowest BCUT2D eigenvalue weighted by Gasteiger charge is -2.30. The van der Waals surface area contributed by atoms with Gasteiger partial charge in [-0.25, -0.2) is 12.8 Å². The van der Waals surface area contributed by atoms with Crippen LogP contribution >= 0.6 is 0 Å². The van der Waals surface area contributed by atoms with Crippen molar-refractivity contribution in [3.8, 4) is 0 Å². The first-order chi connectivity index (χ1) is 9.45. The van der Waals surface area contributed by atoms with E-state index in [1.54, 1.807) is 0 Å². The highest BCUT2D eigenvalue weighted by Crippen LogP contribution is 2.23. The van der Waals surface area contributed by atoms with Gasteiger partial charge in [-0.3, -0.25) is 4.79 Å². The maximum absolute atomic E-state index is 12.9. The lowest BCUT2D eigenvalue weighted by atomic mass is 9.99. The first kappa shape index (κ1) is 14.9. The Morgan fingerprint density at radius 2 is 2.00 bits per heavy atom. The van der Waals surface area contributed by atoms with Crippen LogP contribution in [-0.2, 0) is 14.8 Å². The zero-order chi connectivity index (χ0) is 14.8. The molecule has 20 heavy (non-hydrogen) atoms. The zero-order valence-electron chi connectivity index (χ0n) is 11.2. The summed E-state index contributed by atoms with van der Waals surface area (Å²) in [6.45, 7) is 0.548. The number of piperidine rings is 1. The van der Waals surface area contributed by atoms with Gasteiger partial charge in [-0.15, -0.1) is 0 Å². The van der Waals surface area contributed by atoms with Gasteiger partial charge in [0.25, 0.3) is 0 Å². The van der Waals surface area contributed by atoms with Crippen molar-refractivity contribution in [2.75, 3.05) is 20.1 Å². The van der Waals surface area contributed by atoms with Gasteiger partial charge in [0.1, 0.15) is 5.82 Å². The molecule has 1 amide bonds. The van der Waals surface area contributed by atoms with Gasteiger partial charge in [0, 0.05) is 20.1 Å². The highest BCUT2D eigenvalue weighted by atomic mass is 32.2. The summed E-state index contributed by atoms with van der Waals surface area (Å²) in [5.41, 5.74) is 0. The molecular weight excluding hydrogens is 283 g/mol. The van der Waals surface area contributed by atoms with Crippen LogP contribution in [0, 0.1) is 11.7 Å². The van der Waals surface area contributed by atoms with Crippen LogP contribution in [0.2, 0.25) is 0 Å². The second kappa shape index (κ2) is 5.88. The molecule has 1 aliphatic heterocycles. The molecule has 2 rings (SSSR count). The van der Waals surface area contributed by atoms with Crippen molar-refractivity contribution in [1.82, 2.24) is 9.62 Å². The van der Waals surface area contributed by atoms with Crippen molar-refractivity contribution in [3.05, 3.63) is 30.1 Å². The molecule has 0 aromatic heterocycles. The summed E-state index contributed by atoms with van der Waals surface area (Å²) in [6.07, 6.45) is 1.31. The van der Waals surface area contributed by atoms with Crippen LogP contribution in [0.5, 0.6) is 0 Å². The van der Waals surface area contributed by atoms with E-state index >= 15 is 0 Å². The number of hydrogen-bond acceptors (Lipinski definition) is 3. The number of nitrogens with zero attached hydrogens (tertiary/aromatic N) is 1. The number of amides is 1. The Hall–Kier alpha value is -1.47. The Morgan fingerprint density at radius 3 is 2.60 bits per heavy atom. The van der Waals surface area contributed by atoms with Crippen molar-refractivity contribution in [2.45, 2.75) is 17.7 Å². The van der Waals surface area contributed by atoms with Gasteiger partial charge in [0.2, 0.25) is 15.9 Å². The summed E-state index contributed by atoms with van der Waals surface area (Å²) in [5.74, 6) is -0.959. The van der Waals surface area contributed by atoms with Crippen LogP contribution in [0.15, 0.2) is 29.2 Å². The quantitative estimate of drug-likeness (QED) is 0.904. The number of carbonyl (C=O) groups excluding carboxylic acids is 1. The van der Waals surface area contributed by atoms with Gasteiger partial charge in [-0.1, -0.05) is 0 Å². The van der Waals surface area contributed by atoms with E-state index in [4.69, 9.17) is 0 Å². The summed E-state index contributed by atoms with van der Waals surface area (Å²) < 4.78 is 39.0. The number of rotatable bonds is 3. The summed E-state index contributed by atoms with van der Waals surface area (Å²) in [7, 11) is -2.13. The maximum atomic E-state index is 12.9. The minimum absolute atomic E-state index is 0.0523. The van der Waals surface area contributed by atoms with E-state index in [-0.39, 0.29) is 23.3 Å². The monoisotopic (exact) mass is 300 g/mol. The normalized spacial score (nSPS) is 20.6. The summed E-state index contributed by atoms with van der Waals surface area (Å²) in [5, 5.41) is 2.54.